The van der Waals surface area contributed by atoms with E-state index in [-0.39, 0.29) is 12.2 Å². The normalized spacial score (nSPS) is 20.2. The van der Waals surface area contributed by atoms with E-state index in [0.717, 1.165) is 31.4 Å². The number of benzene rings is 1. The molecular formula is C14H18FNO2. The largest absolute Gasteiger partial charge is 0.481 e. The molecule has 3 nitrogen and oxygen atoms in total. The molecule has 1 atom stereocenters. The van der Waals surface area contributed by atoms with Crippen LogP contribution in [0.4, 0.5) is 4.39 Å². The van der Waals surface area contributed by atoms with Crippen molar-refractivity contribution in [2.45, 2.75) is 31.7 Å². The molecule has 1 heterocycles. The minimum absolute atomic E-state index is 0.180. The van der Waals surface area contributed by atoms with Gasteiger partial charge in [0, 0.05) is 12.6 Å². The van der Waals surface area contributed by atoms with Crippen LogP contribution in [0.15, 0.2) is 24.3 Å². The highest BCUT2D eigenvalue weighted by Crippen LogP contribution is 2.21. The Morgan fingerprint density at radius 3 is 3.06 bits per heavy atom. The molecule has 0 aromatic heterocycles. The van der Waals surface area contributed by atoms with E-state index in [4.69, 9.17) is 5.11 Å². The van der Waals surface area contributed by atoms with Gasteiger partial charge in [0.1, 0.15) is 5.82 Å². The summed E-state index contributed by atoms with van der Waals surface area (Å²) < 4.78 is 13.1. The molecule has 0 aliphatic carbocycles. The quantitative estimate of drug-likeness (QED) is 0.873. The van der Waals surface area contributed by atoms with Crippen molar-refractivity contribution in [3.05, 3.63) is 35.6 Å². The molecule has 1 saturated heterocycles. The lowest BCUT2D eigenvalue weighted by Crippen LogP contribution is -2.33. The Morgan fingerprint density at radius 1 is 1.50 bits per heavy atom. The monoisotopic (exact) mass is 251 g/mol. The molecule has 0 spiro atoms. The summed E-state index contributed by atoms with van der Waals surface area (Å²) in [5, 5.41) is 8.71. The molecule has 1 N–H and O–H groups in total. The van der Waals surface area contributed by atoms with Crippen molar-refractivity contribution in [1.29, 1.82) is 0 Å². The molecule has 18 heavy (non-hydrogen) atoms. The maximum Gasteiger partial charge on any atom is 0.304 e. The highest BCUT2D eigenvalue weighted by atomic mass is 19.1. The molecule has 98 valence electrons. The van der Waals surface area contributed by atoms with Gasteiger partial charge in [-0.15, -0.1) is 0 Å². The zero-order chi connectivity index (χ0) is 13.0. The van der Waals surface area contributed by atoms with Gasteiger partial charge in [0.25, 0.3) is 0 Å². The number of nitrogens with zero attached hydrogens (tertiary/aromatic N) is 1. The van der Waals surface area contributed by atoms with Crippen molar-refractivity contribution in [3.8, 4) is 0 Å². The van der Waals surface area contributed by atoms with E-state index in [9.17, 15) is 9.18 Å². The summed E-state index contributed by atoms with van der Waals surface area (Å²) in [6.07, 6.45) is 3.15. The third kappa shape index (κ3) is 3.53. The van der Waals surface area contributed by atoms with Crippen molar-refractivity contribution in [2.24, 2.45) is 0 Å². The molecule has 0 bridgehead atoms. The van der Waals surface area contributed by atoms with Crippen LogP contribution in [0.25, 0.3) is 0 Å². The van der Waals surface area contributed by atoms with Crippen LogP contribution in [0.3, 0.4) is 0 Å². The van der Waals surface area contributed by atoms with Crippen LogP contribution < -0.4 is 0 Å². The molecule has 1 aromatic carbocycles. The van der Waals surface area contributed by atoms with Crippen LogP contribution >= 0.6 is 0 Å². The van der Waals surface area contributed by atoms with Gasteiger partial charge in [-0.1, -0.05) is 12.1 Å². The summed E-state index contributed by atoms with van der Waals surface area (Å²) >= 11 is 0. The lowest BCUT2D eigenvalue weighted by atomic mass is 10.0. The van der Waals surface area contributed by atoms with E-state index >= 15 is 0 Å². The number of aliphatic carboxylic acids is 1. The van der Waals surface area contributed by atoms with Crippen LogP contribution in [0.2, 0.25) is 0 Å². The predicted octanol–water partition coefficient (Wildman–Crippen LogP) is 2.31. The standard InChI is InChI=1S/C14H18FNO2/c15-12-4-1-3-11(9-12)10-13-5-2-7-16(13)8-6-14(17)18/h1,3-4,9,13H,2,5-8,10H2,(H,17,18)/t13-/m1/s1. The predicted molar refractivity (Wildman–Crippen MR) is 67.0 cm³/mol. The topological polar surface area (TPSA) is 40.5 Å². The van der Waals surface area contributed by atoms with Crippen molar-refractivity contribution < 1.29 is 14.3 Å². The van der Waals surface area contributed by atoms with E-state index in [1.165, 1.54) is 6.07 Å². The average Bonchev–Trinajstić information content (AvgIpc) is 2.74. The van der Waals surface area contributed by atoms with Crippen molar-refractivity contribution >= 4 is 5.97 Å². The first-order chi connectivity index (χ1) is 8.65. The second kappa shape index (κ2) is 5.96. The molecular weight excluding hydrogens is 233 g/mol. The van der Waals surface area contributed by atoms with Crippen LogP contribution in [-0.2, 0) is 11.2 Å². The van der Waals surface area contributed by atoms with Gasteiger partial charge in [0.05, 0.1) is 6.42 Å². The molecule has 2 rings (SSSR count). The van der Waals surface area contributed by atoms with Crippen molar-refractivity contribution in [2.75, 3.05) is 13.1 Å². The Morgan fingerprint density at radius 2 is 2.33 bits per heavy atom. The van der Waals surface area contributed by atoms with E-state index in [1.807, 2.05) is 6.07 Å². The molecule has 1 aliphatic rings. The van der Waals surface area contributed by atoms with Gasteiger partial charge in [0.2, 0.25) is 0 Å². The number of hydrogen-bond donors (Lipinski definition) is 1. The minimum Gasteiger partial charge on any atom is -0.481 e. The third-order valence-electron chi connectivity index (χ3n) is 3.47. The highest BCUT2D eigenvalue weighted by Gasteiger charge is 2.24. The van der Waals surface area contributed by atoms with Crippen molar-refractivity contribution in [3.63, 3.8) is 0 Å². The number of carbonyl (C=O) groups is 1. The van der Waals surface area contributed by atoms with Crippen LogP contribution in [0.1, 0.15) is 24.8 Å². The summed E-state index contributed by atoms with van der Waals surface area (Å²) in [7, 11) is 0. The number of rotatable bonds is 5. The number of carboxylic acid groups (broad SMARTS) is 1. The maximum atomic E-state index is 13.1. The highest BCUT2D eigenvalue weighted by molar-refractivity contribution is 5.66. The first-order valence-corrected chi connectivity index (χ1v) is 6.35. The smallest absolute Gasteiger partial charge is 0.304 e. The molecule has 1 aliphatic heterocycles. The Bertz CT molecular complexity index is 422. The molecule has 0 unspecified atom stereocenters. The third-order valence-corrected chi connectivity index (χ3v) is 3.47. The molecule has 0 amide bonds. The second-order valence-corrected chi connectivity index (χ2v) is 4.81. The van der Waals surface area contributed by atoms with E-state index in [1.54, 1.807) is 12.1 Å². The zero-order valence-electron chi connectivity index (χ0n) is 10.3. The van der Waals surface area contributed by atoms with Gasteiger partial charge in [0.15, 0.2) is 0 Å². The van der Waals surface area contributed by atoms with Gasteiger partial charge in [-0.05, 0) is 43.5 Å². The van der Waals surface area contributed by atoms with Crippen molar-refractivity contribution in [1.82, 2.24) is 4.90 Å². The number of halogens is 1. The van der Waals surface area contributed by atoms with Gasteiger partial charge in [-0.2, -0.15) is 0 Å². The molecule has 1 aromatic rings. The Balaban J connectivity index is 1.93. The van der Waals surface area contributed by atoms with Gasteiger partial charge in [-0.3, -0.25) is 9.69 Å². The average molecular weight is 251 g/mol. The summed E-state index contributed by atoms with van der Waals surface area (Å²) in [6.45, 7) is 1.54. The fourth-order valence-electron chi connectivity index (χ4n) is 2.60. The van der Waals surface area contributed by atoms with Gasteiger partial charge >= 0.3 is 5.97 Å². The van der Waals surface area contributed by atoms with E-state index in [2.05, 4.69) is 4.90 Å². The molecule has 0 radical (unpaired) electrons. The summed E-state index contributed by atoms with van der Waals surface area (Å²) in [5.41, 5.74) is 0.988. The first-order valence-electron chi connectivity index (χ1n) is 6.35. The number of hydrogen-bond acceptors (Lipinski definition) is 2. The summed E-state index contributed by atoms with van der Waals surface area (Å²) in [5.74, 6) is -0.964. The first kappa shape index (κ1) is 13.0. The van der Waals surface area contributed by atoms with E-state index < -0.39 is 5.97 Å². The summed E-state index contributed by atoms with van der Waals surface area (Å²) in [6, 6.07) is 7.01. The fourth-order valence-corrected chi connectivity index (χ4v) is 2.60. The zero-order valence-corrected chi connectivity index (χ0v) is 10.3. The van der Waals surface area contributed by atoms with E-state index in [0.29, 0.717) is 12.6 Å². The lowest BCUT2D eigenvalue weighted by molar-refractivity contribution is -0.137. The van der Waals surface area contributed by atoms with Gasteiger partial charge in [-0.25, -0.2) is 4.39 Å². The Hall–Kier alpha value is -1.42. The van der Waals surface area contributed by atoms with Gasteiger partial charge < -0.3 is 5.11 Å². The van der Waals surface area contributed by atoms with Crippen LogP contribution in [0, 0.1) is 5.82 Å². The Kier molecular flexibility index (Phi) is 4.31. The molecule has 0 saturated carbocycles. The second-order valence-electron chi connectivity index (χ2n) is 4.81. The fraction of sp³-hybridized carbons (Fsp3) is 0.500. The van der Waals surface area contributed by atoms with Crippen LogP contribution in [0.5, 0.6) is 0 Å². The van der Waals surface area contributed by atoms with Crippen LogP contribution in [-0.4, -0.2) is 35.1 Å². The number of likely N-dealkylation sites (tertiary alicyclic amines) is 1. The Labute approximate surface area is 106 Å². The lowest BCUT2D eigenvalue weighted by Gasteiger charge is -2.23. The molecule has 1 fully saturated rings. The maximum absolute atomic E-state index is 13.1. The molecule has 4 heteroatoms. The number of carboxylic acids is 1. The summed E-state index contributed by atoms with van der Waals surface area (Å²) in [4.78, 5) is 12.8. The SMILES string of the molecule is O=C(O)CCN1CCC[C@@H]1Cc1cccc(F)c1. The minimum atomic E-state index is -0.758.